The third kappa shape index (κ3) is 4.93. The summed E-state index contributed by atoms with van der Waals surface area (Å²) < 4.78 is 24.8. The standard InChI is InChI=1S/C14H27N3O3S/c1-21(19,20)17-8-2-3-11(10-17)9-16-13-6-4-12(5-7-13)14(15)18/h11-13,16H,2-10H2,1H3,(H2,15,18). The second-order valence-electron chi connectivity index (χ2n) is 6.49. The van der Waals surface area contributed by atoms with Crippen LogP contribution in [-0.4, -0.2) is 50.6 Å². The van der Waals surface area contributed by atoms with Crippen LogP contribution in [0.4, 0.5) is 0 Å². The molecule has 21 heavy (non-hydrogen) atoms. The molecular weight excluding hydrogens is 290 g/mol. The van der Waals surface area contributed by atoms with Gasteiger partial charge in [-0.25, -0.2) is 12.7 Å². The number of carbonyl (C=O) groups excluding carboxylic acids is 1. The Kier molecular flexibility index (Phi) is 5.62. The fourth-order valence-corrected chi connectivity index (χ4v) is 4.35. The summed E-state index contributed by atoms with van der Waals surface area (Å²) in [7, 11) is -3.06. The number of primary amides is 1. The van der Waals surface area contributed by atoms with Crippen molar-refractivity contribution in [1.29, 1.82) is 0 Å². The molecule has 6 nitrogen and oxygen atoms in total. The predicted octanol–water partition coefficient (Wildman–Crippen LogP) is 0.292. The van der Waals surface area contributed by atoms with E-state index in [2.05, 4.69) is 5.32 Å². The molecule has 0 aromatic rings. The molecule has 1 amide bonds. The highest BCUT2D eigenvalue weighted by molar-refractivity contribution is 7.88. The van der Waals surface area contributed by atoms with Crippen molar-refractivity contribution in [2.75, 3.05) is 25.9 Å². The topological polar surface area (TPSA) is 92.5 Å². The van der Waals surface area contributed by atoms with Crippen molar-refractivity contribution in [2.45, 2.75) is 44.6 Å². The van der Waals surface area contributed by atoms with E-state index in [1.165, 1.54) is 6.26 Å². The van der Waals surface area contributed by atoms with Gasteiger partial charge in [0.15, 0.2) is 0 Å². The van der Waals surface area contributed by atoms with Crippen molar-refractivity contribution < 1.29 is 13.2 Å². The Morgan fingerprint density at radius 1 is 1.24 bits per heavy atom. The minimum atomic E-state index is -3.06. The summed E-state index contributed by atoms with van der Waals surface area (Å²) in [5.41, 5.74) is 5.34. The van der Waals surface area contributed by atoms with E-state index in [4.69, 9.17) is 5.73 Å². The summed E-state index contributed by atoms with van der Waals surface area (Å²) >= 11 is 0. The van der Waals surface area contributed by atoms with E-state index in [0.29, 0.717) is 25.0 Å². The summed E-state index contributed by atoms with van der Waals surface area (Å²) in [6.07, 6.45) is 7.00. The van der Waals surface area contributed by atoms with Crippen molar-refractivity contribution in [3.05, 3.63) is 0 Å². The van der Waals surface area contributed by atoms with Crippen LogP contribution in [0.5, 0.6) is 0 Å². The summed E-state index contributed by atoms with van der Waals surface area (Å²) in [5, 5.41) is 3.55. The lowest BCUT2D eigenvalue weighted by Gasteiger charge is -2.33. The molecule has 1 aliphatic heterocycles. The van der Waals surface area contributed by atoms with Crippen LogP contribution < -0.4 is 11.1 Å². The second kappa shape index (κ2) is 7.07. The third-order valence-corrected chi connectivity index (χ3v) is 6.05. The zero-order valence-corrected chi connectivity index (χ0v) is 13.6. The number of hydrogen-bond acceptors (Lipinski definition) is 4. The molecule has 1 unspecified atom stereocenters. The van der Waals surface area contributed by atoms with E-state index in [1.807, 2.05) is 0 Å². The molecule has 1 saturated carbocycles. The number of piperidine rings is 1. The van der Waals surface area contributed by atoms with Gasteiger partial charge in [0.1, 0.15) is 0 Å². The molecule has 2 rings (SSSR count). The Morgan fingerprint density at radius 2 is 1.90 bits per heavy atom. The van der Waals surface area contributed by atoms with E-state index in [9.17, 15) is 13.2 Å². The van der Waals surface area contributed by atoms with Gasteiger partial charge in [-0.15, -0.1) is 0 Å². The Morgan fingerprint density at radius 3 is 2.48 bits per heavy atom. The van der Waals surface area contributed by atoms with Gasteiger partial charge in [-0.2, -0.15) is 0 Å². The molecule has 122 valence electrons. The zero-order chi connectivity index (χ0) is 15.5. The highest BCUT2D eigenvalue weighted by Gasteiger charge is 2.28. The van der Waals surface area contributed by atoms with E-state index < -0.39 is 10.0 Å². The van der Waals surface area contributed by atoms with Gasteiger partial charge in [-0.05, 0) is 51.0 Å². The first-order chi connectivity index (χ1) is 9.86. The number of rotatable bonds is 5. The molecule has 0 bridgehead atoms. The van der Waals surface area contributed by atoms with Gasteiger partial charge in [0, 0.05) is 25.0 Å². The average Bonchev–Trinajstić information content (AvgIpc) is 2.45. The monoisotopic (exact) mass is 317 g/mol. The number of sulfonamides is 1. The van der Waals surface area contributed by atoms with Crippen LogP contribution in [0.25, 0.3) is 0 Å². The lowest BCUT2D eigenvalue weighted by Crippen LogP contribution is -2.45. The number of nitrogens with zero attached hydrogens (tertiary/aromatic N) is 1. The van der Waals surface area contributed by atoms with E-state index in [-0.39, 0.29) is 11.8 Å². The molecule has 0 radical (unpaired) electrons. The van der Waals surface area contributed by atoms with Crippen LogP contribution in [0, 0.1) is 11.8 Å². The second-order valence-corrected chi connectivity index (χ2v) is 8.47. The van der Waals surface area contributed by atoms with Crippen molar-refractivity contribution >= 4 is 15.9 Å². The molecule has 2 fully saturated rings. The first-order valence-electron chi connectivity index (χ1n) is 7.84. The molecule has 0 spiro atoms. The van der Waals surface area contributed by atoms with E-state index in [1.54, 1.807) is 4.31 Å². The molecule has 1 aliphatic carbocycles. The number of carbonyl (C=O) groups is 1. The Balaban J connectivity index is 1.73. The largest absolute Gasteiger partial charge is 0.369 e. The summed E-state index contributed by atoms with van der Waals surface area (Å²) in [4.78, 5) is 11.1. The maximum atomic E-state index is 11.6. The molecular formula is C14H27N3O3S. The van der Waals surface area contributed by atoms with Crippen LogP contribution >= 0.6 is 0 Å². The van der Waals surface area contributed by atoms with Gasteiger partial charge in [0.05, 0.1) is 6.26 Å². The summed E-state index contributed by atoms with van der Waals surface area (Å²) in [6, 6.07) is 0.439. The molecule has 0 aromatic heterocycles. The van der Waals surface area contributed by atoms with Crippen LogP contribution in [0.15, 0.2) is 0 Å². The predicted molar refractivity (Wildman–Crippen MR) is 82.1 cm³/mol. The van der Waals surface area contributed by atoms with Gasteiger partial charge < -0.3 is 11.1 Å². The molecule has 7 heteroatoms. The molecule has 2 aliphatic rings. The lowest BCUT2D eigenvalue weighted by atomic mass is 9.85. The maximum absolute atomic E-state index is 11.6. The highest BCUT2D eigenvalue weighted by Crippen LogP contribution is 2.25. The summed E-state index contributed by atoms with van der Waals surface area (Å²) in [6.45, 7) is 2.14. The Hall–Kier alpha value is -0.660. The third-order valence-electron chi connectivity index (χ3n) is 4.78. The average molecular weight is 317 g/mol. The van der Waals surface area contributed by atoms with E-state index >= 15 is 0 Å². The van der Waals surface area contributed by atoms with Crippen LogP contribution in [0.1, 0.15) is 38.5 Å². The number of hydrogen-bond donors (Lipinski definition) is 2. The van der Waals surface area contributed by atoms with Gasteiger partial charge in [-0.3, -0.25) is 4.79 Å². The van der Waals surface area contributed by atoms with Gasteiger partial charge in [0.2, 0.25) is 15.9 Å². The maximum Gasteiger partial charge on any atom is 0.220 e. The molecule has 0 aromatic carbocycles. The normalized spacial score (nSPS) is 32.0. The first kappa shape index (κ1) is 16.7. The van der Waals surface area contributed by atoms with Crippen molar-refractivity contribution in [1.82, 2.24) is 9.62 Å². The lowest BCUT2D eigenvalue weighted by molar-refractivity contribution is -0.122. The quantitative estimate of drug-likeness (QED) is 0.762. The van der Waals surface area contributed by atoms with Crippen LogP contribution in [0.2, 0.25) is 0 Å². The zero-order valence-electron chi connectivity index (χ0n) is 12.8. The Bertz CT molecular complexity index is 458. The van der Waals surface area contributed by atoms with Crippen molar-refractivity contribution in [3.8, 4) is 0 Å². The van der Waals surface area contributed by atoms with Gasteiger partial charge in [-0.1, -0.05) is 0 Å². The molecule has 3 N–H and O–H groups in total. The SMILES string of the molecule is CS(=O)(=O)N1CCCC(CNC2CCC(C(N)=O)CC2)C1. The molecule has 1 heterocycles. The van der Waals surface area contributed by atoms with Crippen LogP contribution in [-0.2, 0) is 14.8 Å². The number of nitrogens with two attached hydrogens (primary N) is 1. The van der Waals surface area contributed by atoms with Gasteiger partial charge in [0.25, 0.3) is 0 Å². The fraction of sp³-hybridized carbons (Fsp3) is 0.929. The Labute approximate surface area is 127 Å². The molecule has 1 atom stereocenters. The minimum absolute atomic E-state index is 0.0402. The summed E-state index contributed by atoms with van der Waals surface area (Å²) in [5.74, 6) is 0.255. The number of nitrogens with one attached hydrogen (secondary N) is 1. The smallest absolute Gasteiger partial charge is 0.220 e. The minimum Gasteiger partial charge on any atom is -0.369 e. The van der Waals surface area contributed by atoms with Gasteiger partial charge >= 0.3 is 0 Å². The van der Waals surface area contributed by atoms with E-state index in [0.717, 1.165) is 45.1 Å². The number of amides is 1. The highest BCUT2D eigenvalue weighted by atomic mass is 32.2. The molecule has 1 saturated heterocycles. The van der Waals surface area contributed by atoms with Crippen LogP contribution in [0.3, 0.4) is 0 Å². The fourth-order valence-electron chi connectivity index (χ4n) is 3.41. The van der Waals surface area contributed by atoms with Crippen molar-refractivity contribution in [2.24, 2.45) is 17.6 Å². The first-order valence-corrected chi connectivity index (χ1v) is 9.69. The van der Waals surface area contributed by atoms with Crippen molar-refractivity contribution in [3.63, 3.8) is 0 Å².